The molecule has 0 unspecified atom stereocenters. The molecule has 0 aliphatic rings. The van der Waals surface area contributed by atoms with Crippen LogP contribution in [0.15, 0.2) is 24.3 Å². The van der Waals surface area contributed by atoms with Crippen molar-refractivity contribution in [1.82, 2.24) is 9.88 Å². The molecule has 0 radical (unpaired) electrons. The monoisotopic (exact) mass is 469 g/mol. The number of aromatic nitrogens is 1. The van der Waals surface area contributed by atoms with Crippen molar-refractivity contribution in [3.63, 3.8) is 0 Å². The first-order valence-electron chi connectivity index (χ1n) is 7.33. The summed E-state index contributed by atoms with van der Waals surface area (Å²) >= 11 is 21.0. The lowest BCUT2D eigenvalue weighted by molar-refractivity contribution is 0.0986. The maximum atomic E-state index is 13.1. The number of anilines is 1. The molecule has 0 fully saturated rings. The van der Waals surface area contributed by atoms with E-state index >= 15 is 0 Å². The zero-order valence-corrected chi connectivity index (χ0v) is 18.5. The number of thiazole rings is 1. The van der Waals surface area contributed by atoms with Crippen LogP contribution < -0.4 is 4.90 Å². The number of hydrogen-bond donors (Lipinski definition) is 0. The first kappa shape index (κ1) is 21.7. The molecule has 0 aliphatic carbocycles. The minimum Gasteiger partial charge on any atom is -0.308 e. The molecule has 1 aromatic carbocycles. The highest BCUT2D eigenvalue weighted by atomic mass is 35.5. The standard InChI is InChI=1S/C16H14Cl3N3OS2.ClH/c1-21(2)6-7-22(15(23)9-8-12(18)25-14(9)19)16-20-13-10(17)4-3-5-11(13)24-16;/h3-5,8H,6-7H2,1-2H3;1H. The number of carbonyl (C=O) groups excluding carboxylic acids is 1. The van der Waals surface area contributed by atoms with Crippen LogP contribution in [0.3, 0.4) is 0 Å². The van der Waals surface area contributed by atoms with Crippen molar-refractivity contribution in [3.8, 4) is 0 Å². The van der Waals surface area contributed by atoms with Crippen LogP contribution in [0.2, 0.25) is 13.7 Å². The minimum atomic E-state index is -0.217. The molecule has 3 rings (SSSR count). The van der Waals surface area contributed by atoms with Gasteiger partial charge in [0, 0.05) is 13.1 Å². The molecule has 0 saturated carbocycles. The second kappa shape index (κ2) is 9.06. The SMILES string of the molecule is CN(C)CCN(C(=O)c1cc(Cl)sc1Cl)c1nc2c(Cl)cccc2s1.Cl. The van der Waals surface area contributed by atoms with Crippen molar-refractivity contribution < 1.29 is 4.79 Å². The van der Waals surface area contributed by atoms with Crippen LogP contribution in [-0.4, -0.2) is 43.0 Å². The third-order valence-electron chi connectivity index (χ3n) is 3.49. The first-order chi connectivity index (χ1) is 11.9. The van der Waals surface area contributed by atoms with E-state index in [1.165, 1.54) is 22.7 Å². The predicted octanol–water partition coefficient (Wildman–Crippen LogP) is 5.95. The van der Waals surface area contributed by atoms with E-state index in [0.29, 0.717) is 43.0 Å². The van der Waals surface area contributed by atoms with E-state index in [1.807, 2.05) is 31.1 Å². The van der Waals surface area contributed by atoms with E-state index in [-0.39, 0.29) is 18.3 Å². The van der Waals surface area contributed by atoms with Crippen molar-refractivity contribution in [2.45, 2.75) is 0 Å². The van der Waals surface area contributed by atoms with Crippen LogP contribution in [0.5, 0.6) is 0 Å². The fourth-order valence-corrected chi connectivity index (χ4v) is 4.97. The van der Waals surface area contributed by atoms with Crippen LogP contribution in [0, 0.1) is 0 Å². The Morgan fingerprint density at radius 3 is 2.46 bits per heavy atom. The van der Waals surface area contributed by atoms with E-state index < -0.39 is 0 Å². The summed E-state index contributed by atoms with van der Waals surface area (Å²) in [5, 5.41) is 1.16. The van der Waals surface area contributed by atoms with Crippen LogP contribution in [0.4, 0.5) is 5.13 Å². The topological polar surface area (TPSA) is 36.4 Å². The number of para-hydroxylation sites is 1. The molecule has 1 amide bonds. The maximum Gasteiger partial charge on any atom is 0.262 e. The van der Waals surface area contributed by atoms with Gasteiger partial charge in [0.15, 0.2) is 5.13 Å². The number of likely N-dealkylation sites (N-methyl/N-ethyl adjacent to an activating group) is 1. The Hall–Kier alpha value is -0.600. The summed E-state index contributed by atoms with van der Waals surface area (Å²) in [6.45, 7) is 1.16. The van der Waals surface area contributed by atoms with E-state index in [2.05, 4.69) is 4.98 Å². The van der Waals surface area contributed by atoms with Gasteiger partial charge in [-0.1, -0.05) is 52.2 Å². The largest absolute Gasteiger partial charge is 0.308 e. The number of hydrogen-bond acceptors (Lipinski definition) is 5. The van der Waals surface area contributed by atoms with Gasteiger partial charge in [-0.05, 0) is 32.3 Å². The molecule has 0 saturated heterocycles. The lowest BCUT2D eigenvalue weighted by Gasteiger charge is -2.21. The highest BCUT2D eigenvalue weighted by Crippen LogP contribution is 2.36. The summed E-state index contributed by atoms with van der Waals surface area (Å²) in [5.41, 5.74) is 1.09. The zero-order chi connectivity index (χ0) is 18.1. The Morgan fingerprint density at radius 2 is 1.88 bits per heavy atom. The van der Waals surface area contributed by atoms with Crippen LogP contribution >= 0.6 is 69.9 Å². The van der Waals surface area contributed by atoms with Crippen LogP contribution in [0.1, 0.15) is 10.4 Å². The van der Waals surface area contributed by atoms with E-state index in [1.54, 1.807) is 17.0 Å². The Labute approximate surface area is 180 Å². The van der Waals surface area contributed by atoms with Gasteiger partial charge in [-0.2, -0.15) is 0 Å². The normalized spacial score (nSPS) is 11.0. The molecule has 0 spiro atoms. The van der Waals surface area contributed by atoms with Crippen molar-refractivity contribution in [1.29, 1.82) is 0 Å². The summed E-state index contributed by atoms with van der Waals surface area (Å²) in [6, 6.07) is 7.19. The molecule has 0 aliphatic heterocycles. The molecule has 26 heavy (non-hydrogen) atoms. The minimum absolute atomic E-state index is 0. The number of benzene rings is 1. The van der Waals surface area contributed by atoms with Gasteiger partial charge in [0.2, 0.25) is 0 Å². The Bertz CT molecular complexity index is 926. The van der Waals surface area contributed by atoms with Crippen molar-refractivity contribution in [3.05, 3.63) is 43.5 Å². The van der Waals surface area contributed by atoms with Crippen LogP contribution in [0.25, 0.3) is 10.2 Å². The number of halogens is 4. The molecule has 2 heterocycles. The Kier molecular flexibility index (Phi) is 7.56. The highest BCUT2D eigenvalue weighted by molar-refractivity contribution is 7.22. The Balaban J connectivity index is 0.00000243. The fraction of sp³-hybridized carbons (Fsp3) is 0.250. The number of amides is 1. The van der Waals surface area contributed by atoms with Gasteiger partial charge >= 0.3 is 0 Å². The average molecular weight is 471 g/mol. The maximum absolute atomic E-state index is 13.1. The third kappa shape index (κ3) is 4.62. The van der Waals surface area contributed by atoms with Gasteiger partial charge in [-0.3, -0.25) is 9.69 Å². The molecule has 0 bridgehead atoms. The summed E-state index contributed by atoms with van der Waals surface area (Å²) in [5.74, 6) is -0.217. The lowest BCUT2D eigenvalue weighted by Crippen LogP contribution is -2.36. The van der Waals surface area contributed by atoms with Gasteiger partial charge < -0.3 is 4.90 Å². The van der Waals surface area contributed by atoms with Crippen LogP contribution in [-0.2, 0) is 0 Å². The second-order valence-electron chi connectivity index (χ2n) is 5.58. The molecule has 0 N–H and O–H groups in total. The van der Waals surface area contributed by atoms with E-state index in [0.717, 1.165) is 4.70 Å². The van der Waals surface area contributed by atoms with Crippen molar-refractivity contribution in [2.75, 3.05) is 32.1 Å². The molecular weight excluding hydrogens is 456 g/mol. The number of carbonyl (C=O) groups is 1. The quantitative estimate of drug-likeness (QED) is 0.462. The van der Waals surface area contributed by atoms with Crippen molar-refractivity contribution in [2.24, 2.45) is 0 Å². The second-order valence-corrected chi connectivity index (χ2v) is 9.28. The third-order valence-corrected chi connectivity index (χ3v) is 6.33. The number of rotatable bonds is 5. The average Bonchev–Trinajstić information content (AvgIpc) is 3.11. The smallest absolute Gasteiger partial charge is 0.262 e. The molecule has 2 aromatic heterocycles. The first-order valence-corrected chi connectivity index (χ1v) is 10.1. The number of nitrogens with zero attached hydrogens (tertiary/aromatic N) is 3. The molecule has 0 atom stereocenters. The summed E-state index contributed by atoms with van der Waals surface area (Å²) < 4.78 is 1.79. The molecule has 10 heteroatoms. The van der Waals surface area contributed by atoms with Gasteiger partial charge in [0.1, 0.15) is 9.85 Å². The molecule has 140 valence electrons. The Morgan fingerprint density at radius 1 is 1.15 bits per heavy atom. The van der Waals surface area contributed by atoms with E-state index in [9.17, 15) is 4.79 Å². The molecular formula is C16H15Cl4N3OS2. The number of fused-ring (bicyclic) bond motifs is 1. The summed E-state index contributed by atoms with van der Waals surface area (Å²) in [6.07, 6.45) is 0. The van der Waals surface area contributed by atoms with Gasteiger partial charge in [0.05, 0.1) is 19.6 Å². The van der Waals surface area contributed by atoms with Crippen molar-refractivity contribution >= 4 is 91.1 Å². The lowest BCUT2D eigenvalue weighted by atomic mass is 10.3. The predicted molar refractivity (Wildman–Crippen MR) is 116 cm³/mol. The summed E-state index contributed by atoms with van der Waals surface area (Å²) in [7, 11) is 3.90. The molecule has 4 nitrogen and oxygen atoms in total. The van der Waals surface area contributed by atoms with Gasteiger partial charge in [0.25, 0.3) is 5.91 Å². The fourth-order valence-electron chi connectivity index (χ4n) is 2.23. The summed E-state index contributed by atoms with van der Waals surface area (Å²) in [4.78, 5) is 21.3. The highest BCUT2D eigenvalue weighted by Gasteiger charge is 2.25. The zero-order valence-electron chi connectivity index (χ0n) is 13.8. The van der Waals surface area contributed by atoms with E-state index in [4.69, 9.17) is 34.8 Å². The van der Waals surface area contributed by atoms with Gasteiger partial charge in [-0.25, -0.2) is 4.98 Å². The van der Waals surface area contributed by atoms with Gasteiger partial charge in [-0.15, -0.1) is 23.7 Å². The number of thiophene rings is 1. The molecule has 3 aromatic rings.